The molecule has 0 rings (SSSR count). The lowest BCUT2D eigenvalue weighted by Gasteiger charge is -2.20. The van der Waals surface area contributed by atoms with Crippen LogP contribution in [0.15, 0.2) is 0 Å². The normalized spacial score (nSPS) is 13.6. The van der Waals surface area contributed by atoms with Crippen LogP contribution >= 0.6 is 0 Å². The van der Waals surface area contributed by atoms with E-state index in [1.807, 2.05) is 25.8 Å². The van der Waals surface area contributed by atoms with Crippen molar-refractivity contribution in [3.8, 4) is 0 Å². The summed E-state index contributed by atoms with van der Waals surface area (Å²) in [5.74, 6) is -0.761. The number of carboxylic acids is 1. The number of carbonyl (C=O) groups is 1. The van der Waals surface area contributed by atoms with Gasteiger partial charge in [-0.15, -0.1) is 0 Å². The van der Waals surface area contributed by atoms with Gasteiger partial charge < -0.3 is 5.11 Å². The van der Waals surface area contributed by atoms with Gasteiger partial charge in [-0.1, -0.05) is 6.92 Å². The van der Waals surface area contributed by atoms with Crippen LogP contribution in [0.1, 0.15) is 20.3 Å². The largest absolute Gasteiger partial charge is 0.480 e. The minimum absolute atomic E-state index is 0.134. The molecule has 10 heavy (non-hydrogen) atoms. The van der Waals surface area contributed by atoms with Crippen LogP contribution in [-0.2, 0) is 4.79 Å². The van der Waals surface area contributed by atoms with E-state index >= 15 is 0 Å². The van der Waals surface area contributed by atoms with E-state index < -0.39 is 5.97 Å². The molecular weight excluding hydrogens is 130 g/mol. The molecule has 1 unspecified atom stereocenters. The van der Waals surface area contributed by atoms with Gasteiger partial charge in [-0.25, -0.2) is 0 Å². The molecule has 1 atom stereocenters. The Morgan fingerprint density at radius 2 is 2.20 bits per heavy atom. The van der Waals surface area contributed by atoms with Crippen LogP contribution in [0.4, 0.5) is 0 Å². The smallest absolute Gasteiger partial charge is 0.317 e. The topological polar surface area (TPSA) is 40.5 Å². The first kappa shape index (κ1) is 9.43. The summed E-state index contributed by atoms with van der Waals surface area (Å²) in [6.45, 7) is 4.20. The fraction of sp³-hybridized carbons (Fsp3) is 0.857. The van der Waals surface area contributed by atoms with E-state index in [1.165, 1.54) is 0 Å². The van der Waals surface area contributed by atoms with Crippen molar-refractivity contribution in [3.05, 3.63) is 0 Å². The van der Waals surface area contributed by atoms with E-state index in [9.17, 15) is 4.79 Å². The minimum Gasteiger partial charge on any atom is -0.480 e. The first-order valence-electron chi connectivity index (χ1n) is 3.50. The summed E-state index contributed by atoms with van der Waals surface area (Å²) in [5, 5.41) is 8.39. The highest BCUT2D eigenvalue weighted by atomic mass is 16.4. The maximum Gasteiger partial charge on any atom is 0.317 e. The standard InChI is InChI=1S/C7H15NO2/c1-4-6(2)8(3)5-7(9)10/h6H,4-5H2,1-3H3,(H,9,10). The molecule has 0 aromatic carbocycles. The molecule has 0 aliphatic rings. The van der Waals surface area contributed by atoms with E-state index in [0.29, 0.717) is 6.04 Å². The summed E-state index contributed by atoms with van der Waals surface area (Å²) in [6, 6.07) is 0.357. The van der Waals surface area contributed by atoms with Gasteiger partial charge in [-0.05, 0) is 20.4 Å². The predicted octanol–water partition coefficient (Wildman–Crippen LogP) is 0.801. The van der Waals surface area contributed by atoms with Crippen molar-refractivity contribution < 1.29 is 9.90 Å². The molecule has 0 amide bonds. The quantitative estimate of drug-likeness (QED) is 0.636. The molecule has 3 heteroatoms. The van der Waals surface area contributed by atoms with Crippen molar-refractivity contribution in [2.24, 2.45) is 0 Å². The van der Waals surface area contributed by atoms with Gasteiger partial charge in [-0.3, -0.25) is 9.69 Å². The van der Waals surface area contributed by atoms with Crippen LogP contribution in [0.3, 0.4) is 0 Å². The highest BCUT2D eigenvalue weighted by Crippen LogP contribution is 1.98. The maximum atomic E-state index is 10.2. The molecular formula is C7H15NO2. The fourth-order valence-corrected chi connectivity index (χ4v) is 0.681. The Morgan fingerprint density at radius 1 is 1.70 bits per heavy atom. The Bertz CT molecular complexity index is 114. The van der Waals surface area contributed by atoms with Crippen LogP contribution in [0.2, 0.25) is 0 Å². The summed E-state index contributed by atoms with van der Waals surface area (Å²) in [6.07, 6.45) is 0.990. The summed E-state index contributed by atoms with van der Waals surface area (Å²) in [5.41, 5.74) is 0. The zero-order valence-corrected chi connectivity index (χ0v) is 6.79. The minimum atomic E-state index is -0.761. The van der Waals surface area contributed by atoms with Crippen LogP contribution in [-0.4, -0.2) is 35.6 Å². The molecule has 1 N–H and O–H groups in total. The third-order valence-corrected chi connectivity index (χ3v) is 1.73. The second-order valence-corrected chi connectivity index (χ2v) is 2.57. The molecule has 0 spiro atoms. The third-order valence-electron chi connectivity index (χ3n) is 1.73. The third kappa shape index (κ3) is 3.45. The Kier molecular flexibility index (Phi) is 4.03. The zero-order valence-electron chi connectivity index (χ0n) is 6.79. The average molecular weight is 145 g/mol. The van der Waals surface area contributed by atoms with Crippen molar-refractivity contribution in [3.63, 3.8) is 0 Å². The molecule has 3 nitrogen and oxygen atoms in total. The highest BCUT2D eigenvalue weighted by molar-refractivity contribution is 5.69. The Labute approximate surface area is 61.6 Å². The number of carboxylic acid groups (broad SMARTS) is 1. The predicted molar refractivity (Wildman–Crippen MR) is 40.0 cm³/mol. The van der Waals surface area contributed by atoms with Gasteiger partial charge in [0.1, 0.15) is 0 Å². The molecule has 0 fully saturated rings. The van der Waals surface area contributed by atoms with E-state index in [4.69, 9.17) is 5.11 Å². The van der Waals surface area contributed by atoms with Gasteiger partial charge in [0.15, 0.2) is 0 Å². The lowest BCUT2D eigenvalue weighted by Crippen LogP contribution is -2.33. The van der Waals surface area contributed by atoms with Crippen LogP contribution < -0.4 is 0 Å². The Morgan fingerprint density at radius 3 is 2.50 bits per heavy atom. The molecule has 0 aromatic rings. The highest BCUT2D eigenvalue weighted by Gasteiger charge is 2.08. The zero-order chi connectivity index (χ0) is 8.15. The van der Waals surface area contributed by atoms with Gasteiger partial charge in [-0.2, -0.15) is 0 Å². The number of hydrogen-bond donors (Lipinski definition) is 1. The van der Waals surface area contributed by atoms with Gasteiger partial charge in [0.25, 0.3) is 0 Å². The molecule has 0 saturated heterocycles. The van der Waals surface area contributed by atoms with Crippen LogP contribution in [0.25, 0.3) is 0 Å². The van der Waals surface area contributed by atoms with Crippen molar-refractivity contribution in [2.75, 3.05) is 13.6 Å². The number of hydrogen-bond acceptors (Lipinski definition) is 2. The number of nitrogens with zero attached hydrogens (tertiary/aromatic N) is 1. The molecule has 0 aliphatic carbocycles. The van der Waals surface area contributed by atoms with Crippen molar-refractivity contribution in [1.82, 2.24) is 4.90 Å². The van der Waals surface area contributed by atoms with Gasteiger partial charge >= 0.3 is 5.97 Å². The SMILES string of the molecule is CCC(C)N(C)CC(=O)O. The lowest BCUT2D eigenvalue weighted by atomic mass is 10.2. The maximum absolute atomic E-state index is 10.2. The fourth-order valence-electron chi connectivity index (χ4n) is 0.681. The number of likely N-dealkylation sites (N-methyl/N-ethyl adjacent to an activating group) is 1. The van der Waals surface area contributed by atoms with E-state index in [-0.39, 0.29) is 6.54 Å². The van der Waals surface area contributed by atoms with E-state index in [1.54, 1.807) is 0 Å². The van der Waals surface area contributed by atoms with Crippen molar-refractivity contribution >= 4 is 5.97 Å². The second-order valence-electron chi connectivity index (χ2n) is 2.57. The molecule has 0 bridgehead atoms. The molecule has 60 valence electrons. The van der Waals surface area contributed by atoms with Crippen molar-refractivity contribution in [2.45, 2.75) is 26.3 Å². The first-order valence-corrected chi connectivity index (χ1v) is 3.50. The number of aliphatic carboxylic acids is 1. The van der Waals surface area contributed by atoms with Crippen molar-refractivity contribution in [1.29, 1.82) is 0 Å². The molecule has 0 aromatic heterocycles. The van der Waals surface area contributed by atoms with Gasteiger partial charge in [0, 0.05) is 6.04 Å². The molecule has 0 saturated carbocycles. The average Bonchev–Trinajstić information content (AvgIpc) is 1.85. The summed E-state index contributed by atoms with van der Waals surface area (Å²) in [4.78, 5) is 12.0. The summed E-state index contributed by atoms with van der Waals surface area (Å²) in [7, 11) is 1.82. The summed E-state index contributed by atoms with van der Waals surface area (Å²) >= 11 is 0. The van der Waals surface area contributed by atoms with E-state index in [0.717, 1.165) is 6.42 Å². The molecule has 0 radical (unpaired) electrons. The summed E-state index contributed by atoms with van der Waals surface area (Å²) < 4.78 is 0. The Hall–Kier alpha value is -0.570. The molecule has 0 heterocycles. The van der Waals surface area contributed by atoms with E-state index in [2.05, 4.69) is 0 Å². The second kappa shape index (κ2) is 4.28. The monoisotopic (exact) mass is 145 g/mol. The van der Waals surface area contributed by atoms with Gasteiger partial charge in [0.05, 0.1) is 6.54 Å². The number of rotatable bonds is 4. The lowest BCUT2D eigenvalue weighted by molar-refractivity contribution is -0.138. The van der Waals surface area contributed by atoms with Crippen LogP contribution in [0, 0.1) is 0 Å². The Balaban J connectivity index is 3.61. The first-order chi connectivity index (χ1) is 4.57. The molecule has 0 aliphatic heterocycles. The van der Waals surface area contributed by atoms with Crippen LogP contribution in [0.5, 0.6) is 0 Å². The van der Waals surface area contributed by atoms with Gasteiger partial charge in [0.2, 0.25) is 0 Å².